The predicted molar refractivity (Wildman–Crippen MR) is 159 cm³/mol. The average Bonchev–Trinajstić information content (AvgIpc) is 3.81. The fraction of sp³-hybridized carbons (Fsp3) is 0.478. The molecule has 4 bridgehead atoms. The Labute approximate surface area is 262 Å². The zero-order chi connectivity index (χ0) is 31.3. The minimum absolute atomic E-state index is 0.0820. The average molecular weight is 702 g/mol. The number of fused-ring (bicyclic) bond motifs is 4. The van der Waals surface area contributed by atoms with E-state index in [0.29, 0.717) is 16.9 Å². The van der Waals surface area contributed by atoms with Crippen LogP contribution in [0, 0.1) is 0 Å². The lowest BCUT2D eigenvalue weighted by Gasteiger charge is -2.33. The summed E-state index contributed by atoms with van der Waals surface area (Å²) in [5.74, 6) is 0.170. The zero-order valence-electron chi connectivity index (χ0n) is 22.8. The molecule has 45 heavy (non-hydrogen) atoms. The molecule has 8 rings (SSSR count). The van der Waals surface area contributed by atoms with Crippen molar-refractivity contribution in [2.75, 3.05) is 25.6 Å². The number of nitrogens with two attached hydrogens (primary N) is 1. The number of hydrogen-bond acceptors (Lipinski definition) is 15. The third-order valence-corrected chi connectivity index (χ3v) is 11.3. The first kappa shape index (κ1) is 30.1. The number of imidazole rings is 2. The Morgan fingerprint density at radius 2 is 1.80 bits per heavy atom. The molecule has 0 aliphatic carbocycles. The van der Waals surface area contributed by atoms with Gasteiger partial charge in [0.1, 0.15) is 41.6 Å². The molecule has 5 N–H and O–H groups in total. The maximum absolute atomic E-state index is 12.3. The van der Waals surface area contributed by atoms with Gasteiger partial charge in [-0.3, -0.25) is 27.4 Å². The van der Waals surface area contributed by atoms with Crippen LogP contribution in [0.4, 0.5) is 5.69 Å². The number of aromatic nitrogens is 6. The summed E-state index contributed by atoms with van der Waals surface area (Å²) in [6, 6.07) is 2.89. The van der Waals surface area contributed by atoms with Gasteiger partial charge in [-0.2, -0.15) is 0 Å². The number of aliphatic hydroxyl groups excluding tert-OH is 1. The number of pyridine rings is 1. The summed E-state index contributed by atoms with van der Waals surface area (Å²) in [5.41, 5.74) is 5.54. The van der Waals surface area contributed by atoms with Gasteiger partial charge in [0.25, 0.3) is 5.56 Å². The summed E-state index contributed by atoms with van der Waals surface area (Å²) in [5, 5.41) is 11.2. The molecule has 0 spiro atoms. The molecular formula is C23H25N7O11P2S2. The van der Waals surface area contributed by atoms with Crippen molar-refractivity contribution in [3.63, 3.8) is 0 Å². The Balaban J connectivity index is 1.14. The Morgan fingerprint density at radius 3 is 2.64 bits per heavy atom. The summed E-state index contributed by atoms with van der Waals surface area (Å²) in [4.78, 5) is 47.7. The van der Waals surface area contributed by atoms with Gasteiger partial charge >= 0.3 is 13.4 Å². The van der Waals surface area contributed by atoms with Crippen LogP contribution in [0.5, 0.6) is 0 Å². The first-order valence-corrected chi connectivity index (χ1v) is 18.7. The molecular weight excluding hydrogens is 676 g/mol. The minimum Gasteiger partial charge on any atom is -0.397 e. The third kappa shape index (κ3) is 4.92. The van der Waals surface area contributed by atoms with E-state index in [1.807, 2.05) is 0 Å². The largest absolute Gasteiger partial charge is 0.397 e. The second-order valence-electron chi connectivity index (χ2n) is 10.9. The zero-order valence-corrected chi connectivity index (χ0v) is 26.2. The van der Waals surface area contributed by atoms with Crippen LogP contribution in [0.25, 0.3) is 16.9 Å². The third-order valence-electron chi connectivity index (χ3n) is 8.17. The molecule has 0 amide bonds. The number of aliphatic hydroxyl groups is 1. The van der Waals surface area contributed by atoms with Gasteiger partial charge in [-0.15, -0.1) is 0 Å². The van der Waals surface area contributed by atoms with E-state index in [2.05, 4.69) is 15.0 Å². The SMILES string of the molecule is Nc1ccnc2c1ncn2[C@@H]1O[C@@]23CO[C@@H]1[C@@H]2OP(O)(=S)OC[C@H]1O[C@@H](n2ccc(=O)n4ccnc24)[C@H](OP(O)(=S)OC3)[C@@H]1O. The lowest BCUT2D eigenvalue weighted by atomic mass is 10.0. The van der Waals surface area contributed by atoms with Crippen LogP contribution in [0.15, 0.2) is 48.0 Å². The van der Waals surface area contributed by atoms with Gasteiger partial charge in [0.2, 0.25) is 5.78 Å². The number of anilines is 1. The first-order chi connectivity index (χ1) is 21.5. The minimum atomic E-state index is -4.16. The lowest BCUT2D eigenvalue weighted by molar-refractivity contribution is -0.183. The summed E-state index contributed by atoms with van der Waals surface area (Å²) >= 11 is 10.8. The van der Waals surface area contributed by atoms with Crippen LogP contribution in [0.1, 0.15) is 12.5 Å². The van der Waals surface area contributed by atoms with Gasteiger partial charge in [-0.05, 0) is 29.7 Å². The molecule has 4 fully saturated rings. The molecule has 4 aliphatic heterocycles. The lowest BCUT2D eigenvalue weighted by Crippen LogP contribution is -2.45. The highest BCUT2D eigenvalue weighted by molar-refractivity contribution is 8.07. The molecule has 22 heteroatoms. The molecule has 0 aromatic carbocycles. The van der Waals surface area contributed by atoms with Crippen LogP contribution in [0.2, 0.25) is 0 Å². The second-order valence-corrected chi connectivity index (χ2v) is 16.5. The molecule has 4 saturated heterocycles. The Kier molecular flexibility index (Phi) is 7.11. The van der Waals surface area contributed by atoms with E-state index < -0.39 is 75.2 Å². The van der Waals surface area contributed by atoms with Crippen molar-refractivity contribution < 1.29 is 47.2 Å². The molecule has 10 atom stereocenters. The van der Waals surface area contributed by atoms with Crippen molar-refractivity contribution in [3.8, 4) is 0 Å². The van der Waals surface area contributed by atoms with Crippen LogP contribution in [-0.4, -0.2) is 99.3 Å². The molecule has 4 aromatic heterocycles. The van der Waals surface area contributed by atoms with Crippen LogP contribution >= 0.6 is 13.4 Å². The topological polar surface area (TPSA) is 221 Å². The quantitative estimate of drug-likeness (QED) is 0.197. The van der Waals surface area contributed by atoms with Crippen molar-refractivity contribution in [2.45, 2.75) is 48.6 Å². The van der Waals surface area contributed by atoms with Crippen molar-refractivity contribution in [1.82, 2.24) is 28.5 Å². The highest BCUT2D eigenvalue weighted by Gasteiger charge is 2.65. The predicted octanol–water partition coefficient (Wildman–Crippen LogP) is -0.301. The summed E-state index contributed by atoms with van der Waals surface area (Å²) in [6.07, 6.45) is -0.590. The van der Waals surface area contributed by atoms with Crippen molar-refractivity contribution in [2.24, 2.45) is 0 Å². The molecule has 2 unspecified atom stereocenters. The van der Waals surface area contributed by atoms with Crippen LogP contribution in [0.3, 0.4) is 0 Å². The Bertz CT molecular complexity index is 1980. The van der Waals surface area contributed by atoms with Crippen molar-refractivity contribution >= 4 is 59.7 Å². The standard InChI is InChI=1S/C23H25N7O11P2S2/c24-11-1-3-25-19-14(11)27-10-30(19)21-17-18-23(39-21,8-35-17)9-37-43(34,45)40-16-15(32)12(7-36-42(33,44)41-18)38-20(16)29-5-2-13(31)28-6-4-26-22(28)29/h1-6,10,12,15-18,20-21,32H,7-9H2,(H2,24,25)(H,33,44)(H,34,45)/t12-,15-,16-,17-,18+,20-,21-,23-,42?,43?/m1/s1. The van der Waals surface area contributed by atoms with E-state index in [4.69, 9.17) is 61.7 Å². The smallest absolute Gasteiger partial charge is 0.325 e. The second kappa shape index (κ2) is 10.6. The number of rotatable bonds is 2. The van der Waals surface area contributed by atoms with E-state index in [-0.39, 0.29) is 17.9 Å². The maximum Gasteiger partial charge on any atom is 0.325 e. The number of nitrogens with zero attached hydrogens (tertiary/aromatic N) is 6. The van der Waals surface area contributed by atoms with Gasteiger partial charge in [-0.25, -0.2) is 15.0 Å². The van der Waals surface area contributed by atoms with Gasteiger partial charge in [0.15, 0.2) is 18.1 Å². The van der Waals surface area contributed by atoms with E-state index in [1.165, 1.54) is 46.1 Å². The fourth-order valence-corrected chi connectivity index (χ4v) is 8.96. The van der Waals surface area contributed by atoms with Crippen LogP contribution in [-0.2, 0) is 55.9 Å². The number of ether oxygens (including phenoxy) is 3. The summed E-state index contributed by atoms with van der Waals surface area (Å²) < 4.78 is 46.3. The maximum atomic E-state index is 12.3. The Hall–Kier alpha value is -2.26. The normalized spacial score (nSPS) is 40.3. The van der Waals surface area contributed by atoms with E-state index in [1.54, 1.807) is 10.6 Å². The van der Waals surface area contributed by atoms with E-state index in [0.717, 1.165) is 0 Å². The summed E-state index contributed by atoms with van der Waals surface area (Å²) in [6.45, 7) is -9.16. The van der Waals surface area contributed by atoms with Gasteiger partial charge in [-0.1, -0.05) is 0 Å². The molecule has 4 aliphatic rings. The highest BCUT2D eigenvalue weighted by Crippen LogP contribution is 2.58. The molecule has 8 heterocycles. The number of hydrogen-bond donors (Lipinski definition) is 4. The fourth-order valence-electron chi connectivity index (χ4n) is 6.07. The molecule has 0 saturated carbocycles. The first-order valence-electron chi connectivity index (χ1n) is 13.5. The Morgan fingerprint density at radius 1 is 0.978 bits per heavy atom. The molecule has 18 nitrogen and oxygen atoms in total. The highest BCUT2D eigenvalue weighted by atomic mass is 32.5. The van der Waals surface area contributed by atoms with Gasteiger partial charge < -0.3 is 43.9 Å². The van der Waals surface area contributed by atoms with E-state index >= 15 is 0 Å². The molecule has 0 radical (unpaired) electrons. The van der Waals surface area contributed by atoms with Gasteiger partial charge in [0, 0.05) is 30.9 Å². The van der Waals surface area contributed by atoms with Crippen LogP contribution < -0.4 is 11.3 Å². The summed E-state index contributed by atoms with van der Waals surface area (Å²) in [7, 11) is 0. The number of nitrogen functional groups attached to an aromatic ring is 1. The molecule has 4 aromatic rings. The monoisotopic (exact) mass is 701 g/mol. The molecule has 240 valence electrons. The van der Waals surface area contributed by atoms with Crippen molar-refractivity contribution in [3.05, 3.63) is 53.6 Å². The van der Waals surface area contributed by atoms with E-state index in [9.17, 15) is 19.7 Å². The van der Waals surface area contributed by atoms with Gasteiger partial charge in [0.05, 0.1) is 31.8 Å². The van der Waals surface area contributed by atoms with Crippen molar-refractivity contribution in [1.29, 1.82) is 0 Å².